The van der Waals surface area contributed by atoms with Crippen LogP contribution in [0, 0.1) is 13.8 Å². The Labute approximate surface area is 130 Å². The van der Waals surface area contributed by atoms with E-state index in [-0.39, 0.29) is 0 Å². The Bertz CT molecular complexity index is 533. The fraction of sp³-hybridized carbons (Fsp3) is 0.429. The largest absolute Gasteiger partial charge is 0.0648 e. The summed E-state index contributed by atoms with van der Waals surface area (Å²) < 4.78 is 0. The van der Waals surface area contributed by atoms with Crippen LogP contribution in [0.25, 0.3) is 0 Å². The van der Waals surface area contributed by atoms with Crippen LogP contribution in [0.4, 0.5) is 0 Å². The van der Waals surface area contributed by atoms with E-state index in [1.54, 1.807) is 0 Å². The number of benzene rings is 2. The number of rotatable bonds is 6. The predicted molar refractivity (Wildman–Crippen MR) is 93.0 cm³/mol. The maximum atomic E-state index is 2.35. The molecule has 2 unspecified atom stereocenters. The lowest BCUT2D eigenvalue weighted by molar-refractivity contribution is 0.535. The van der Waals surface area contributed by atoms with Crippen LogP contribution >= 0.6 is 0 Å². The fourth-order valence-corrected chi connectivity index (χ4v) is 2.96. The van der Waals surface area contributed by atoms with E-state index < -0.39 is 0 Å². The van der Waals surface area contributed by atoms with Crippen molar-refractivity contribution < 1.29 is 0 Å². The number of hydrogen-bond acceptors (Lipinski definition) is 0. The van der Waals surface area contributed by atoms with Crippen molar-refractivity contribution in [3.05, 3.63) is 70.8 Å². The van der Waals surface area contributed by atoms with E-state index >= 15 is 0 Å². The molecule has 0 aliphatic carbocycles. The van der Waals surface area contributed by atoms with E-state index in [4.69, 9.17) is 0 Å². The first-order valence-corrected chi connectivity index (χ1v) is 8.23. The van der Waals surface area contributed by atoms with Crippen LogP contribution in [0.5, 0.6) is 0 Å². The predicted octanol–water partition coefficient (Wildman–Crippen LogP) is 6.38. The van der Waals surface area contributed by atoms with Crippen molar-refractivity contribution in [2.45, 2.75) is 58.8 Å². The highest BCUT2D eigenvalue weighted by atomic mass is 14.2. The molecule has 2 aromatic carbocycles. The fourth-order valence-electron chi connectivity index (χ4n) is 2.96. The Morgan fingerprint density at radius 2 is 1.19 bits per heavy atom. The van der Waals surface area contributed by atoms with Gasteiger partial charge in [-0.3, -0.25) is 0 Å². The van der Waals surface area contributed by atoms with Crippen LogP contribution in [0.1, 0.15) is 67.2 Å². The van der Waals surface area contributed by atoms with Crippen molar-refractivity contribution in [2.24, 2.45) is 0 Å². The molecule has 0 aromatic heterocycles. The van der Waals surface area contributed by atoms with Gasteiger partial charge in [0.2, 0.25) is 0 Å². The van der Waals surface area contributed by atoms with E-state index in [1.807, 2.05) is 0 Å². The zero-order valence-corrected chi connectivity index (χ0v) is 13.9. The molecule has 0 amide bonds. The smallest absolute Gasteiger partial charge is 0.0164 e. The van der Waals surface area contributed by atoms with E-state index in [0.29, 0.717) is 11.8 Å². The van der Waals surface area contributed by atoms with Crippen molar-refractivity contribution in [1.29, 1.82) is 0 Å². The first-order valence-electron chi connectivity index (χ1n) is 8.23. The summed E-state index contributed by atoms with van der Waals surface area (Å²) in [5.74, 6) is 1.34. The lowest BCUT2D eigenvalue weighted by Gasteiger charge is -2.19. The Balaban J connectivity index is 1.96. The molecule has 2 rings (SSSR count). The summed E-state index contributed by atoms with van der Waals surface area (Å²) in [7, 11) is 0. The van der Waals surface area contributed by atoms with Crippen molar-refractivity contribution >= 4 is 0 Å². The highest BCUT2D eigenvalue weighted by Gasteiger charge is 2.12. The van der Waals surface area contributed by atoms with Crippen molar-refractivity contribution in [3.8, 4) is 0 Å². The second-order valence-electron chi connectivity index (χ2n) is 6.40. The normalized spacial score (nSPS) is 13.9. The summed E-state index contributed by atoms with van der Waals surface area (Å²) in [4.78, 5) is 0. The van der Waals surface area contributed by atoms with E-state index in [9.17, 15) is 0 Å². The molecule has 112 valence electrons. The second-order valence-corrected chi connectivity index (χ2v) is 6.40. The van der Waals surface area contributed by atoms with Gasteiger partial charge in [0.05, 0.1) is 0 Å². The molecule has 2 atom stereocenters. The van der Waals surface area contributed by atoms with Crippen molar-refractivity contribution in [1.82, 2.24) is 0 Å². The van der Waals surface area contributed by atoms with Gasteiger partial charge in [0, 0.05) is 0 Å². The molecule has 0 saturated carbocycles. The van der Waals surface area contributed by atoms with Gasteiger partial charge in [-0.1, -0.05) is 73.5 Å². The first-order chi connectivity index (χ1) is 10.1. The van der Waals surface area contributed by atoms with E-state index in [2.05, 4.69) is 76.2 Å². The van der Waals surface area contributed by atoms with Gasteiger partial charge in [-0.25, -0.2) is 0 Å². The monoisotopic (exact) mass is 280 g/mol. The van der Waals surface area contributed by atoms with Crippen molar-refractivity contribution in [3.63, 3.8) is 0 Å². The van der Waals surface area contributed by atoms with Crippen LogP contribution < -0.4 is 0 Å². The molecule has 0 heterocycles. The lowest BCUT2D eigenvalue weighted by atomic mass is 9.86. The average molecular weight is 280 g/mol. The topological polar surface area (TPSA) is 0 Å². The summed E-state index contributed by atoms with van der Waals surface area (Å²) in [5, 5.41) is 0. The highest BCUT2D eigenvalue weighted by Crippen LogP contribution is 2.30. The molecule has 0 radical (unpaired) electrons. The third-order valence-electron chi connectivity index (χ3n) is 4.64. The molecular formula is C21H28. The SMILES string of the molecule is CCC(CCC(C)c1ccc(C)cc1)c1ccc(C)cc1. The molecular weight excluding hydrogens is 252 g/mol. The summed E-state index contributed by atoms with van der Waals surface area (Å²) >= 11 is 0. The quantitative estimate of drug-likeness (QED) is 0.576. The summed E-state index contributed by atoms with van der Waals surface area (Å²) in [6.45, 7) is 8.97. The van der Waals surface area contributed by atoms with Gasteiger partial charge in [0.1, 0.15) is 0 Å². The molecule has 0 heteroatoms. The van der Waals surface area contributed by atoms with Crippen LogP contribution in [0.15, 0.2) is 48.5 Å². The summed E-state index contributed by atoms with van der Waals surface area (Å²) in [5.41, 5.74) is 5.66. The molecule has 21 heavy (non-hydrogen) atoms. The van der Waals surface area contributed by atoms with Gasteiger partial charge in [0.15, 0.2) is 0 Å². The maximum absolute atomic E-state index is 2.35. The Kier molecular flexibility index (Phi) is 5.61. The number of aryl methyl sites for hydroxylation is 2. The van der Waals surface area contributed by atoms with E-state index in [0.717, 1.165) is 0 Å². The first kappa shape index (κ1) is 15.8. The molecule has 0 aliphatic rings. The minimum atomic E-state index is 0.644. The molecule has 0 saturated heterocycles. The maximum Gasteiger partial charge on any atom is -0.0164 e. The van der Waals surface area contributed by atoms with Gasteiger partial charge < -0.3 is 0 Å². The van der Waals surface area contributed by atoms with Gasteiger partial charge in [-0.05, 0) is 56.1 Å². The minimum Gasteiger partial charge on any atom is -0.0648 e. The van der Waals surface area contributed by atoms with Crippen LogP contribution in [-0.4, -0.2) is 0 Å². The lowest BCUT2D eigenvalue weighted by Crippen LogP contribution is -2.01. The summed E-state index contributed by atoms with van der Waals surface area (Å²) in [6.07, 6.45) is 3.76. The zero-order chi connectivity index (χ0) is 15.2. The average Bonchev–Trinajstić information content (AvgIpc) is 2.50. The highest BCUT2D eigenvalue weighted by molar-refractivity contribution is 5.26. The van der Waals surface area contributed by atoms with Gasteiger partial charge >= 0.3 is 0 Å². The Morgan fingerprint density at radius 3 is 1.67 bits per heavy atom. The summed E-state index contributed by atoms with van der Waals surface area (Å²) in [6, 6.07) is 18.1. The van der Waals surface area contributed by atoms with Crippen molar-refractivity contribution in [2.75, 3.05) is 0 Å². The zero-order valence-electron chi connectivity index (χ0n) is 13.9. The Hall–Kier alpha value is -1.56. The molecule has 0 nitrogen and oxygen atoms in total. The minimum absolute atomic E-state index is 0.644. The molecule has 0 N–H and O–H groups in total. The van der Waals surface area contributed by atoms with Crippen LogP contribution in [0.3, 0.4) is 0 Å². The van der Waals surface area contributed by atoms with Crippen LogP contribution in [0.2, 0.25) is 0 Å². The van der Waals surface area contributed by atoms with Gasteiger partial charge in [-0.15, -0.1) is 0 Å². The molecule has 0 aliphatic heterocycles. The molecule has 0 spiro atoms. The standard InChI is InChI=1S/C21H28/c1-5-19(21-13-8-17(3)9-14-21)15-10-18(4)20-11-6-16(2)7-12-20/h6-9,11-14,18-19H,5,10,15H2,1-4H3. The van der Waals surface area contributed by atoms with Gasteiger partial charge in [0.25, 0.3) is 0 Å². The number of hydrogen-bond donors (Lipinski definition) is 0. The van der Waals surface area contributed by atoms with Crippen LogP contribution in [-0.2, 0) is 0 Å². The molecule has 2 aromatic rings. The van der Waals surface area contributed by atoms with E-state index in [1.165, 1.54) is 41.5 Å². The molecule has 0 fully saturated rings. The third-order valence-corrected chi connectivity index (χ3v) is 4.64. The molecule has 0 bridgehead atoms. The Morgan fingerprint density at radius 1 is 0.714 bits per heavy atom. The second kappa shape index (κ2) is 7.45. The van der Waals surface area contributed by atoms with Gasteiger partial charge in [-0.2, -0.15) is 0 Å². The third kappa shape index (κ3) is 4.46.